The van der Waals surface area contributed by atoms with Gasteiger partial charge in [0.15, 0.2) is 17.4 Å². The van der Waals surface area contributed by atoms with Crippen LogP contribution in [0.5, 0.6) is 5.75 Å². The maximum absolute atomic E-state index is 13.8. The third-order valence-corrected chi connectivity index (χ3v) is 6.39. The molecule has 2 unspecified atom stereocenters. The number of thiophene rings is 1. The summed E-state index contributed by atoms with van der Waals surface area (Å²) >= 11 is 1.57. The Morgan fingerprint density at radius 2 is 1.69 bits per heavy atom. The van der Waals surface area contributed by atoms with Crippen LogP contribution in [0.15, 0.2) is 69.6 Å². The molecule has 8 heteroatoms. The lowest BCUT2D eigenvalue weighted by atomic mass is 10.0. The van der Waals surface area contributed by atoms with Gasteiger partial charge in [0.1, 0.15) is 11.3 Å². The Bertz CT molecular complexity index is 1400. The molecule has 0 saturated carbocycles. The van der Waals surface area contributed by atoms with Crippen LogP contribution >= 0.6 is 11.3 Å². The Kier molecular flexibility index (Phi) is 6.87. The van der Waals surface area contributed by atoms with Crippen LogP contribution < -0.4 is 26.2 Å². The van der Waals surface area contributed by atoms with E-state index in [1.165, 1.54) is 6.07 Å². The Balaban J connectivity index is 1.62. The quantitative estimate of drug-likeness (QED) is 0.294. The Morgan fingerprint density at radius 3 is 2.34 bits per heavy atom. The van der Waals surface area contributed by atoms with E-state index in [0.717, 1.165) is 16.5 Å². The molecule has 1 aromatic heterocycles. The molecule has 4 aromatic rings. The molecule has 0 amide bonds. The van der Waals surface area contributed by atoms with Crippen LogP contribution in [0.25, 0.3) is 0 Å². The molecule has 4 rings (SSSR count). The second kappa shape index (κ2) is 9.71. The molecule has 2 N–H and O–H groups in total. The van der Waals surface area contributed by atoms with Gasteiger partial charge in [-0.05, 0) is 74.5 Å². The zero-order valence-electron chi connectivity index (χ0n) is 19.8. The Morgan fingerprint density at radius 1 is 0.914 bits per heavy atom. The number of nitrogens with one attached hydrogen (secondary N) is 2. The minimum absolute atomic E-state index is 0.0350. The van der Waals surface area contributed by atoms with Crippen molar-refractivity contribution < 1.29 is 13.5 Å². The van der Waals surface area contributed by atoms with Crippen molar-refractivity contribution in [2.75, 3.05) is 5.32 Å². The van der Waals surface area contributed by atoms with Gasteiger partial charge >= 0.3 is 0 Å². The largest absolute Gasteiger partial charge is 0.482 e. The van der Waals surface area contributed by atoms with Crippen LogP contribution in [0.1, 0.15) is 55.8 Å². The van der Waals surface area contributed by atoms with E-state index in [4.69, 9.17) is 4.74 Å². The van der Waals surface area contributed by atoms with Gasteiger partial charge in [0.25, 0.3) is 10.9 Å². The fourth-order valence-electron chi connectivity index (χ4n) is 3.75. The van der Waals surface area contributed by atoms with E-state index in [2.05, 4.69) is 10.6 Å². The van der Waals surface area contributed by atoms with Crippen LogP contribution in [0.2, 0.25) is 0 Å². The predicted molar refractivity (Wildman–Crippen MR) is 136 cm³/mol. The molecule has 5 nitrogen and oxygen atoms in total. The lowest BCUT2D eigenvalue weighted by Crippen LogP contribution is -2.39. The molecule has 0 aliphatic heterocycles. The number of benzene rings is 2. The van der Waals surface area contributed by atoms with Crippen LogP contribution in [-0.4, -0.2) is 5.60 Å². The van der Waals surface area contributed by atoms with E-state index in [1.54, 1.807) is 44.2 Å². The minimum atomic E-state index is -0.892. The van der Waals surface area contributed by atoms with E-state index in [1.807, 2.05) is 42.6 Å². The molecular weight excluding hydrogens is 470 g/mol. The highest BCUT2D eigenvalue weighted by Crippen LogP contribution is 2.32. The molecule has 0 radical (unpaired) electrons. The van der Waals surface area contributed by atoms with Crippen molar-refractivity contribution in [3.63, 3.8) is 0 Å². The summed E-state index contributed by atoms with van der Waals surface area (Å²) in [6.07, 6.45) is 0. The fourth-order valence-corrected chi connectivity index (χ4v) is 4.57. The lowest BCUT2D eigenvalue weighted by Gasteiger charge is -2.25. The summed E-state index contributed by atoms with van der Waals surface area (Å²) in [6.45, 7) is 7.30. The summed E-state index contributed by atoms with van der Waals surface area (Å²) in [7, 11) is 0. The average molecular weight is 497 g/mol. The molecule has 0 aliphatic rings. The second-order valence-corrected chi connectivity index (χ2v) is 10.3. The highest BCUT2D eigenvalue weighted by Gasteiger charge is 2.27. The first-order valence-electron chi connectivity index (χ1n) is 11.2. The summed E-state index contributed by atoms with van der Waals surface area (Å²) in [5.74, 6) is -1.74. The zero-order valence-corrected chi connectivity index (χ0v) is 20.6. The summed E-state index contributed by atoms with van der Waals surface area (Å²) in [6, 6.07) is 14.7. The summed E-state index contributed by atoms with van der Waals surface area (Å²) in [5, 5.41) is 8.50. The summed E-state index contributed by atoms with van der Waals surface area (Å²) in [5.41, 5.74) is 0.392. The number of ether oxygens (including phenoxy) is 1. The van der Waals surface area contributed by atoms with Gasteiger partial charge in [-0.25, -0.2) is 8.78 Å². The molecule has 3 aromatic carbocycles. The molecule has 0 bridgehead atoms. The minimum Gasteiger partial charge on any atom is -0.482 e. The van der Waals surface area contributed by atoms with E-state index in [0.29, 0.717) is 11.3 Å². The van der Waals surface area contributed by atoms with Crippen molar-refractivity contribution in [1.82, 2.24) is 5.32 Å². The van der Waals surface area contributed by atoms with Crippen molar-refractivity contribution >= 4 is 22.7 Å². The molecule has 0 aliphatic carbocycles. The van der Waals surface area contributed by atoms with Gasteiger partial charge in [-0.15, -0.1) is 11.3 Å². The van der Waals surface area contributed by atoms with Crippen molar-refractivity contribution in [2.45, 2.75) is 45.4 Å². The standard InChI is InChI=1S/C27H26F2N2O3S/c1-15(16-10-11-19(28)20(29)14-16)30-22(21-9-6-12-35-21)17-7-5-8-18(13-17)31-23-24(32)25(33)26(23)34-27(2,3)4/h5-15,22,30-31H,1-4H3. The van der Waals surface area contributed by atoms with E-state index < -0.39 is 28.1 Å². The predicted octanol–water partition coefficient (Wildman–Crippen LogP) is 5.98. The van der Waals surface area contributed by atoms with Crippen LogP contribution in [-0.2, 0) is 0 Å². The average Bonchev–Trinajstić information content (AvgIpc) is 3.35. The summed E-state index contributed by atoms with van der Waals surface area (Å²) in [4.78, 5) is 25.3. The van der Waals surface area contributed by atoms with Gasteiger partial charge in [0.2, 0.25) is 0 Å². The van der Waals surface area contributed by atoms with Crippen LogP contribution in [0, 0.1) is 11.6 Å². The monoisotopic (exact) mass is 496 g/mol. The lowest BCUT2D eigenvalue weighted by molar-refractivity contribution is 0.128. The molecule has 0 spiro atoms. The maximum atomic E-state index is 13.8. The van der Waals surface area contributed by atoms with E-state index in [-0.39, 0.29) is 23.5 Å². The number of hydrogen-bond donors (Lipinski definition) is 2. The first-order chi connectivity index (χ1) is 16.5. The van der Waals surface area contributed by atoms with Crippen molar-refractivity contribution in [2.24, 2.45) is 0 Å². The first-order valence-corrected chi connectivity index (χ1v) is 12.0. The molecule has 0 fully saturated rings. The van der Waals surface area contributed by atoms with Gasteiger partial charge in [0.05, 0.1) is 6.04 Å². The number of halogens is 2. The van der Waals surface area contributed by atoms with Crippen molar-refractivity contribution in [3.8, 4) is 5.75 Å². The van der Waals surface area contributed by atoms with Crippen molar-refractivity contribution in [3.05, 3.63) is 108 Å². The number of anilines is 2. The maximum Gasteiger partial charge on any atom is 0.272 e. The molecule has 0 saturated heterocycles. The van der Waals surface area contributed by atoms with E-state index in [9.17, 15) is 18.4 Å². The zero-order chi connectivity index (χ0) is 25.3. The SMILES string of the molecule is CC(NC(c1cccc(Nc2c(OC(C)(C)C)c(=O)c2=O)c1)c1cccs1)c1ccc(F)c(F)c1. The topological polar surface area (TPSA) is 67.4 Å². The van der Waals surface area contributed by atoms with Gasteiger partial charge in [0, 0.05) is 16.6 Å². The van der Waals surface area contributed by atoms with Gasteiger partial charge < -0.3 is 10.1 Å². The first kappa shape index (κ1) is 24.8. The highest BCUT2D eigenvalue weighted by molar-refractivity contribution is 7.10. The third-order valence-electron chi connectivity index (χ3n) is 5.45. The molecule has 2 atom stereocenters. The fraction of sp³-hybridized carbons (Fsp3) is 0.259. The summed E-state index contributed by atoms with van der Waals surface area (Å²) < 4.78 is 32.9. The smallest absolute Gasteiger partial charge is 0.272 e. The molecule has 182 valence electrons. The van der Waals surface area contributed by atoms with Gasteiger partial charge in [-0.1, -0.05) is 24.3 Å². The van der Waals surface area contributed by atoms with Crippen LogP contribution in [0.3, 0.4) is 0 Å². The molecule has 35 heavy (non-hydrogen) atoms. The van der Waals surface area contributed by atoms with Crippen molar-refractivity contribution in [1.29, 1.82) is 0 Å². The Hall–Kier alpha value is -3.36. The second-order valence-electron chi connectivity index (χ2n) is 9.34. The normalized spacial score (nSPS) is 13.5. The van der Waals surface area contributed by atoms with Gasteiger partial charge in [-0.2, -0.15) is 0 Å². The number of rotatable bonds is 8. The molecule has 1 heterocycles. The van der Waals surface area contributed by atoms with Crippen LogP contribution in [0.4, 0.5) is 20.2 Å². The number of hydrogen-bond acceptors (Lipinski definition) is 6. The Labute approximate surface area is 206 Å². The van der Waals surface area contributed by atoms with E-state index >= 15 is 0 Å². The third kappa shape index (κ3) is 5.49. The molecular formula is C27H26F2N2O3S. The highest BCUT2D eigenvalue weighted by atomic mass is 32.1. The van der Waals surface area contributed by atoms with Gasteiger partial charge in [-0.3, -0.25) is 14.9 Å².